The van der Waals surface area contributed by atoms with E-state index in [1.54, 1.807) is 6.07 Å². The molecule has 2 aliphatic heterocycles. The van der Waals surface area contributed by atoms with Gasteiger partial charge in [0.2, 0.25) is 0 Å². The van der Waals surface area contributed by atoms with Crippen LogP contribution in [0.15, 0.2) is 51.7 Å². The van der Waals surface area contributed by atoms with Crippen LogP contribution in [-0.2, 0) is 16.1 Å². The molecule has 3 aromatic rings. The molecule has 2 aromatic carbocycles. The predicted molar refractivity (Wildman–Crippen MR) is 131 cm³/mol. The zero-order valence-corrected chi connectivity index (χ0v) is 19.9. The van der Waals surface area contributed by atoms with Gasteiger partial charge in [-0.15, -0.1) is 0 Å². The second kappa shape index (κ2) is 9.14. The standard InChI is InChI=1S/C27H30N2O5/c1-17(2)20-14-21-19(13-26(30)34-24(21)12-18(20)3)15-29-16-25(27(31)28-8-10-32-11-9-28)33-23-7-5-4-6-22(23)29/h4-7,12-14,17,25H,8-11,15-16H2,1-3H3. The molecule has 1 saturated heterocycles. The average Bonchev–Trinajstić information content (AvgIpc) is 2.83. The maximum absolute atomic E-state index is 13.2. The van der Waals surface area contributed by atoms with Crippen LogP contribution in [0.25, 0.3) is 11.0 Å². The molecule has 0 bridgehead atoms. The lowest BCUT2D eigenvalue weighted by Gasteiger charge is -2.38. The molecule has 1 unspecified atom stereocenters. The first-order valence-electron chi connectivity index (χ1n) is 11.8. The fourth-order valence-corrected chi connectivity index (χ4v) is 4.92. The second-order valence-corrected chi connectivity index (χ2v) is 9.34. The van der Waals surface area contributed by atoms with E-state index in [1.165, 1.54) is 5.56 Å². The topological polar surface area (TPSA) is 72.2 Å². The number of morpholine rings is 1. The van der Waals surface area contributed by atoms with E-state index in [9.17, 15) is 9.59 Å². The number of nitrogens with zero attached hydrogens (tertiary/aromatic N) is 2. The van der Waals surface area contributed by atoms with Crippen molar-refractivity contribution < 1.29 is 18.7 Å². The molecule has 1 amide bonds. The van der Waals surface area contributed by atoms with Gasteiger partial charge in [0, 0.05) is 31.1 Å². The van der Waals surface area contributed by atoms with Gasteiger partial charge in [0.1, 0.15) is 11.3 Å². The number of carbonyl (C=O) groups excluding carboxylic acids is 1. The van der Waals surface area contributed by atoms with Crippen LogP contribution >= 0.6 is 0 Å². The fraction of sp³-hybridized carbons (Fsp3) is 0.407. The first-order valence-corrected chi connectivity index (χ1v) is 11.8. The van der Waals surface area contributed by atoms with Crippen molar-refractivity contribution in [3.05, 3.63) is 69.6 Å². The fourth-order valence-electron chi connectivity index (χ4n) is 4.92. The molecular weight excluding hydrogens is 432 g/mol. The van der Waals surface area contributed by atoms with Gasteiger partial charge < -0.3 is 23.7 Å². The van der Waals surface area contributed by atoms with Crippen LogP contribution in [0.5, 0.6) is 5.75 Å². The number of fused-ring (bicyclic) bond motifs is 2. The number of hydrogen-bond donors (Lipinski definition) is 0. The van der Waals surface area contributed by atoms with Crippen molar-refractivity contribution in [2.75, 3.05) is 37.7 Å². The summed E-state index contributed by atoms with van der Waals surface area (Å²) in [6.45, 7) is 9.46. The number of amides is 1. The maximum atomic E-state index is 13.2. The Hall–Kier alpha value is -3.32. The third kappa shape index (κ3) is 4.28. The number of ether oxygens (including phenoxy) is 2. The Morgan fingerprint density at radius 1 is 1.12 bits per heavy atom. The summed E-state index contributed by atoms with van der Waals surface area (Å²) in [5.74, 6) is 0.994. The van der Waals surface area contributed by atoms with Gasteiger partial charge in [0.05, 0.1) is 25.4 Å². The van der Waals surface area contributed by atoms with Crippen molar-refractivity contribution in [2.45, 2.75) is 39.3 Å². The molecule has 0 saturated carbocycles. The molecule has 1 fully saturated rings. The monoisotopic (exact) mass is 462 g/mol. The summed E-state index contributed by atoms with van der Waals surface area (Å²) in [5, 5.41) is 0.925. The van der Waals surface area contributed by atoms with E-state index < -0.39 is 6.10 Å². The summed E-state index contributed by atoms with van der Waals surface area (Å²) in [4.78, 5) is 29.6. The summed E-state index contributed by atoms with van der Waals surface area (Å²) in [6, 6.07) is 13.4. The third-order valence-corrected chi connectivity index (χ3v) is 6.66. The van der Waals surface area contributed by atoms with Crippen molar-refractivity contribution in [1.82, 2.24) is 4.90 Å². The SMILES string of the molecule is Cc1cc2oc(=O)cc(CN3CC(C(=O)N4CCOCC4)Oc4ccccc43)c2cc1C(C)C. The maximum Gasteiger partial charge on any atom is 0.336 e. The highest BCUT2D eigenvalue weighted by Crippen LogP contribution is 2.36. The lowest BCUT2D eigenvalue weighted by atomic mass is 9.94. The van der Waals surface area contributed by atoms with Gasteiger partial charge in [-0.3, -0.25) is 4.79 Å². The minimum Gasteiger partial charge on any atom is -0.477 e. The molecular formula is C27H30N2O5. The number of para-hydroxylation sites is 2. The number of rotatable bonds is 4. The zero-order chi connectivity index (χ0) is 23.8. The Morgan fingerprint density at radius 2 is 1.88 bits per heavy atom. The molecule has 0 radical (unpaired) electrons. The third-order valence-electron chi connectivity index (χ3n) is 6.66. The minimum atomic E-state index is -0.618. The van der Waals surface area contributed by atoms with E-state index >= 15 is 0 Å². The van der Waals surface area contributed by atoms with Gasteiger partial charge in [0.25, 0.3) is 5.91 Å². The van der Waals surface area contributed by atoms with Crippen molar-refractivity contribution >= 4 is 22.6 Å². The van der Waals surface area contributed by atoms with Crippen LogP contribution in [-0.4, -0.2) is 49.8 Å². The molecule has 178 valence electrons. The van der Waals surface area contributed by atoms with Crippen LogP contribution in [0.1, 0.15) is 36.5 Å². The largest absolute Gasteiger partial charge is 0.477 e. The summed E-state index contributed by atoms with van der Waals surface area (Å²) in [7, 11) is 0. The van der Waals surface area contributed by atoms with Crippen LogP contribution in [0.3, 0.4) is 0 Å². The number of aryl methyl sites for hydroxylation is 1. The molecule has 2 aliphatic rings. The number of carbonyl (C=O) groups is 1. The molecule has 1 atom stereocenters. The van der Waals surface area contributed by atoms with Crippen LogP contribution in [0.2, 0.25) is 0 Å². The molecule has 0 spiro atoms. The lowest BCUT2D eigenvalue weighted by Crippen LogP contribution is -2.52. The average molecular weight is 463 g/mol. The number of hydrogen-bond acceptors (Lipinski definition) is 6. The van der Waals surface area contributed by atoms with Gasteiger partial charge in [0.15, 0.2) is 6.10 Å². The molecule has 5 rings (SSSR count). The van der Waals surface area contributed by atoms with Gasteiger partial charge in [-0.25, -0.2) is 4.79 Å². The summed E-state index contributed by atoms with van der Waals surface area (Å²) in [5.41, 5.74) is 4.34. The first-order chi connectivity index (χ1) is 16.4. The van der Waals surface area contributed by atoms with Crippen LogP contribution in [0.4, 0.5) is 5.69 Å². The zero-order valence-electron chi connectivity index (χ0n) is 19.9. The van der Waals surface area contributed by atoms with E-state index in [0.29, 0.717) is 56.6 Å². The molecule has 0 N–H and O–H groups in total. The molecule has 0 aliphatic carbocycles. The second-order valence-electron chi connectivity index (χ2n) is 9.34. The van der Waals surface area contributed by atoms with E-state index in [2.05, 4.69) is 24.8 Å². The van der Waals surface area contributed by atoms with E-state index in [0.717, 1.165) is 22.2 Å². The van der Waals surface area contributed by atoms with E-state index in [4.69, 9.17) is 13.9 Å². The Labute approximate surface area is 198 Å². The highest BCUT2D eigenvalue weighted by molar-refractivity contribution is 5.85. The van der Waals surface area contributed by atoms with Crippen molar-refractivity contribution in [3.8, 4) is 5.75 Å². The number of benzene rings is 2. The van der Waals surface area contributed by atoms with E-state index in [1.807, 2.05) is 42.2 Å². The van der Waals surface area contributed by atoms with Crippen LogP contribution in [0, 0.1) is 6.92 Å². The van der Waals surface area contributed by atoms with Gasteiger partial charge >= 0.3 is 5.63 Å². The predicted octanol–water partition coefficient (Wildman–Crippen LogP) is 3.85. The van der Waals surface area contributed by atoms with Crippen molar-refractivity contribution in [2.24, 2.45) is 0 Å². The normalized spacial score (nSPS) is 18.2. The lowest BCUT2D eigenvalue weighted by molar-refractivity contribution is -0.142. The molecule has 34 heavy (non-hydrogen) atoms. The highest BCUT2D eigenvalue weighted by Gasteiger charge is 2.34. The summed E-state index contributed by atoms with van der Waals surface area (Å²) >= 11 is 0. The molecule has 1 aromatic heterocycles. The molecule has 3 heterocycles. The summed E-state index contributed by atoms with van der Waals surface area (Å²) < 4.78 is 17.1. The highest BCUT2D eigenvalue weighted by atomic mass is 16.5. The van der Waals surface area contributed by atoms with Gasteiger partial charge in [-0.05, 0) is 53.8 Å². The number of anilines is 1. The van der Waals surface area contributed by atoms with Gasteiger partial charge in [-0.2, -0.15) is 0 Å². The Bertz CT molecular complexity index is 1280. The molecule has 7 nitrogen and oxygen atoms in total. The molecule has 7 heteroatoms. The summed E-state index contributed by atoms with van der Waals surface area (Å²) in [6.07, 6.45) is -0.618. The van der Waals surface area contributed by atoms with E-state index in [-0.39, 0.29) is 11.5 Å². The van der Waals surface area contributed by atoms with Crippen LogP contribution < -0.4 is 15.3 Å². The minimum absolute atomic E-state index is 0.0297. The van der Waals surface area contributed by atoms with Gasteiger partial charge in [-0.1, -0.05) is 26.0 Å². The van der Waals surface area contributed by atoms with Crippen molar-refractivity contribution in [3.63, 3.8) is 0 Å². The Morgan fingerprint density at radius 3 is 2.65 bits per heavy atom. The smallest absolute Gasteiger partial charge is 0.336 e. The Balaban J connectivity index is 1.52. The quantitative estimate of drug-likeness (QED) is 0.549. The first kappa shape index (κ1) is 22.5. The van der Waals surface area contributed by atoms with Crippen molar-refractivity contribution in [1.29, 1.82) is 0 Å². The Kier molecular flexibility index (Phi) is 6.04.